The fourth-order valence-corrected chi connectivity index (χ4v) is 1.24. The fraction of sp³-hybridized carbons (Fsp3) is 0.857. The maximum absolute atomic E-state index is 10.2. The zero-order valence-corrected chi connectivity index (χ0v) is 6.47. The van der Waals surface area contributed by atoms with E-state index in [1.807, 2.05) is 0 Å². The largest absolute Gasteiger partial charge is 0.480 e. The van der Waals surface area contributed by atoms with Crippen LogP contribution in [-0.4, -0.2) is 30.3 Å². The third-order valence-corrected chi connectivity index (χ3v) is 1.81. The first-order valence-electron chi connectivity index (χ1n) is 3.97. The fourth-order valence-electron chi connectivity index (χ4n) is 1.24. The molecule has 0 aromatic carbocycles. The Balaban J connectivity index is 2.09. The lowest BCUT2D eigenvalue weighted by atomic mass is 10.1. The molecule has 0 spiro atoms. The van der Waals surface area contributed by atoms with E-state index in [-0.39, 0.29) is 12.7 Å². The summed E-state index contributed by atoms with van der Waals surface area (Å²) in [6.07, 6.45) is 3.63. The van der Waals surface area contributed by atoms with E-state index in [0.717, 1.165) is 13.0 Å². The van der Waals surface area contributed by atoms with E-state index in [9.17, 15) is 4.79 Å². The van der Waals surface area contributed by atoms with Gasteiger partial charge in [0.05, 0.1) is 12.7 Å². The number of hydrogen-bond donors (Lipinski definition) is 3. The Hall–Kier alpha value is -0.610. The summed E-state index contributed by atoms with van der Waals surface area (Å²) in [5, 5.41) is 14.5. The van der Waals surface area contributed by atoms with Crippen molar-refractivity contribution in [1.82, 2.24) is 10.6 Å². The van der Waals surface area contributed by atoms with Gasteiger partial charge in [0, 0.05) is 0 Å². The molecule has 0 radical (unpaired) electrons. The highest BCUT2D eigenvalue weighted by Crippen LogP contribution is 2.03. The predicted octanol–water partition coefficient (Wildman–Crippen LogP) is -0.240. The number of carboxylic acid groups (broad SMARTS) is 1. The molecule has 0 aromatic heterocycles. The molecule has 1 atom stereocenters. The number of aliphatic carboxylic acids is 1. The van der Waals surface area contributed by atoms with Gasteiger partial charge >= 0.3 is 5.97 Å². The molecule has 3 N–H and O–H groups in total. The van der Waals surface area contributed by atoms with E-state index in [4.69, 9.17) is 5.11 Å². The van der Waals surface area contributed by atoms with Crippen LogP contribution in [-0.2, 0) is 4.79 Å². The van der Waals surface area contributed by atoms with Gasteiger partial charge in [-0.15, -0.1) is 0 Å². The van der Waals surface area contributed by atoms with Gasteiger partial charge < -0.3 is 10.4 Å². The van der Waals surface area contributed by atoms with Crippen LogP contribution in [0, 0.1) is 0 Å². The molecule has 1 aliphatic rings. The van der Waals surface area contributed by atoms with Crippen LogP contribution >= 0.6 is 0 Å². The van der Waals surface area contributed by atoms with Crippen molar-refractivity contribution >= 4 is 5.97 Å². The Labute approximate surface area is 66.0 Å². The van der Waals surface area contributed by atoms with Crippen molar-refractivity contribution < 1.29 is 9.90 Å². The van der Waals surface area contributed by atoms with Crippen molar-refractivity contribution in [2.24, 2.45) is 0 Å². The van der Waals surface area contributed by atoms with Crippen molar-refractivity contribution in [3.8, 4) is 0 Å². The van der Waals surface area contributed by atoms with Crippen molar-refractivity contribution in [2.45, 2.75) is 25.4 Å². The molecule has 4 nitrogen and oxygen atoms in total. The lowest BCUT2D eigenvalue weighted by molar-refractivity contribution is -0.136. The van der Waals surface area contributed by atoms with Crippen LogP contribution in [0.3, 0.4) is 0 Å². The third-order valence-electron chi connectivity index (χ3n) is 1.81. The molecule has 1 saturated heterocycles. The monoisotopic (exact) mass is 158 g/mol. The van der Waals surface area contributed by atoms with Crippen LogP contribution in [0.2, 0.25) is 0 Å². The molecular weight excluding hydrogens is 144 g/mol. The van der Waals surface area contributed by atoms with Crippen LogP contribution in [0.1, 0.15) is 19.3 Å². The average Bonchev–Trinajstić information content (AvgIpc) is 2.03. The molecule has 0 amide bonds. The van der Waals surface area contributed by atoms with Gasteiger partial charge in [-0.2, -0.15) is 0 Å². The minimum atomic E-state index is -0.794. The first-order valence-corrected chi connectivity index (χ1v) is 3.97. The number of carboxylic acids is 1. The van der Waals surface area contributed by atoms with Crippen molar-refractivity contribution in [3.05, 3.63) is 0 Å². The number of rotatable bonds is 3. The van der Waals surface area contributed by atoms with Crippen LogP contribution in [0.4, 0.5) is 0 Å². The third kappa shape index (κ3) is 3.34. The summed E-state index contributed by atoms with van der Waals surface area (Å²) in [6.45, 7) is 1.05. The zero-order valence-electron chi connectivity index (χ0n) is 6.47. The highest BCUT2D eigenvalue weighted by molar-refractivity contribution is 5.69. The van der Waals surface area contributed by atoms with Gasteiger partial charge in [0.15, 0.2) is 0 Å². The molecule has 64 valence electrons. The molecule has 1 unspecified atom stereocenters. The zero-order chi connectivity index (χ0) is 8.10. The van der Waals surface area contributed by atoms with Gasteiger partial charge in [-0.1, -0.05) is 0 Å². The minimum Gasteiger partial charge on any atom is -0.480 e. The first kappa shape index (κ1) is 8.49. The first-order chi connectivity index (χ1) is 5.29. The van der Waals surface area contributed by atoms with Gasteiger partial charge in [0.2, 0.25) is 0 Å². The summed E-state index contributed by atoms with van der Waals surface area (Å²) < 4.78 is 0. The Morgan fingerprint density at radius 1 is 1.64 bits per heavy atom. The lowest BCUT2D eigenvalue weighted by Gasteiger charge is -2.23. The summed E-state index contributed by atoms with van der Waals surface area (Å²) in [5.41, 5.74) is 0. The molecule has 0 aliphatic carbocycles. The van der Waals surface area contributed by atoms with E-state index in [0.29, 0.717) is 0 Å². The lowest BCUT2D eigenvalue weighted by Crippen LogP contribution is -2.46. The molecule has 0 aromatic rings. The Morgan fingerprint density at radius 3 is 3.00 bits per heavy atom. The second-order valence-corrected chi connectivity index (χ2v) is 2.78. The van der Waals surface area contributed by atoms with Crippen molar-refractivity contribution in [1.29, 1.82) is 0 Å². The molecule has 1 rings (SSSR count). The summed E-state index contributed by atoms with van der Waals surface area (Å²) in [7, 11) is 0. The van der Waals surface area contributed by atoms with Crippen LogP contribution in [0.5, 0.6) is 0 Å². The topological polar surface area (TPSA) is 61.4 Å². The van der Waals surface area contributed by atoms with Gasteiger partial charge in [0.1, 0.15) is 0 Å². The summed E-state index contributed by atoms with van der Waals surface area (Å²) in [4.78, 5) is 10.2. The highest BCUT2D eigenvalue weighted by atomic mass is 16.4. The normalized spacial score (nSPS) is 24.9. The average molecular weight is 158 g/mol. The van der Waals surface area contributed by atoms with Crippen molar-refractivity contribution in [2.75, 3.05) is 13.1 Å². The second-order valence-electron chi connectivity index (χ2n) is 2.78. The van der Waals surface area contributed by atoms with Crippen LogP contribution in [0.25, 0.3) is 0 Å². The van der Waals surface area contributed by atoms with Crippen LogP contribution in [0.15, 0.2) is 0 Å². The van der Waals surface area contributed by atoms with E-state index < -0.39 is 5.97 Å². The minimum absolute atomic E-state index is 0.0532. The summed E-state index contributed by atoms with van der Waals surface area (Å²) in [6, 6.07) is 0. The Morgan fingerprint density at radius 2 is 2.45 bits per heavy atom. The number of carbonyl (C=O) groups is 1. The van der Waals surface area contributed by atoms with Gasteiger partial charge in [0.25, 0.3) is 0 Å². The Bertz CT molecular complexity index is 132. The number of nitrogens with one attached hydrogen (secondary N) is 2. The van der Waals surface area contributed by atoms with Gasteiger partial charge in [-0.05, 0) is 25.8 Å². The standard InChI is InChI=1S/C7H14N2O2/c10-7(11)5-9-6-3-1-2-4-8-6/h6,8-9H,1-5H2,(H,10,11). The molecule has 4 heteroatoms. The van der Waals surface area contributed by atoms with E-state index >= 15 is 0 Å². The second kappa shape index (κ2) is 4.31. The molecule has 11 heavy (non-hydrogen) atoms. The SMILES string of the molecule is O=C(O)CNC1CCCCN1. The summed E-state index contributed by atoms with van der Waals surface area (Å²) in [5.74, 6) is -0.794. The summed E-state index contributed by atoms with van der Waals surface area (Å²) >= 11 is 0. The molecular formula is C7H14N2O2. The molecule has 0 saturated carbocycles. The van der Waals surface area contributed by atoms with E-state index in [1.165, 1.54) is 12.8 Å². The van der Waals surface area contributed by atoms with Crippen LogP contribution < -0.4 is 10.6 Å². The van der Waals surface area contributed by atoms with E-state index in [1.54, 1.807) is 0 Å². The number of hydrogen-bond acceptors (Lipinski definition) is 3. The maximum Gasteiger partial charge on any atom is 0.317 e. The van der Waals surface area contributed by atoms with Gasteiger partial charge in [-0.25, -0.2) is 0 Å². The smallest absolute Gasteiger partial charge is 0.317 e. The number of piperidine rings is 1. The van der Waals surface area contributed by atoms with E-state index in [2.05, 4.69) is 10.6 Å². The van der Waals surface area contributed by atoms with Gasteiger partial charge in [-0.3, -0.25) is 10.1 Å². The predicted molar refractivity (Wildman–Crippen MR) is 41.3 cm³/mol. The molecule has 0 bridgehead atoms. The quantitative estimate of drug-likeness (QED) is 0.530. The van der Waals surface area contributed by atoms with Crippen molar-refractivity contribution in [3.63, 3.8) is 0 Å². The Kier molecular flexibility index (Phi) is 3.32. The maximum atomic E-state index is 10.2. The molecule has 1 heterocycles. The molecule has 1 fully saturated rings. The molecule has 1 aliphatic heterocycles. The highest BCUT2D eigenvalue weighted by Gasteiger charge is 2.11.